The van der Waals surface area contributed by atoms with Gasteiger partial charge >= 0.3 is 12.4 Å². The van der Waals surface area contributed by atoms with E-state index in [1.165, 1.54) is 24.3 Å². The quantitative estimate of drug-likeness (QED) is 0.221. The van der Waals surface area contributed by atoms with Gasteiger partial charge in [0, 0.05) is 23.2 Å². The molecular formula is C21H14ClF6N5O2S. The Kier molecular flexibility index (Phi) is 7.11. The Bertz CT molecular complexity index is 1340. The van der Waals surface area contributed by atoms with Crippen molar-refractivity contribution in [1.82, 2.24) is 19.4 Å². The monoisotopic (exact) mass is 549 g/mol. The van der Waals surface area contributed by atoms with Gasteiger partial charge in [-0.1, -0.05) is 40.4 Å². The van der Waals surface area contributed by atoms with E-state index in [1.807, 2.05) is 0 Å². The van der Waals surface area contributed by atoms with Gasteiger partial charge in [0.05, 0.1) is 16.3 Å². The summed E-state index contributed by atoms with van der Waals surface area (Å²) in [6.45, 7) is -0.530. The van der Waals surface area contributed by atoms with Crippen molar-refractivity contribution in [3.63, 3.8) is 0 Å². The largest absolute Gasteiger partial charge is 0.473 e. The van der Waals surface area contributed by atoms with Crippen LogP contribution in [0.1, 0.15) is 11.3 Å². The van der Waals surface area contributed by atoms with E-state index in [1.54, 1.807) is 12.1 Å². The number of halogens is 7. The predicted molar refractivity (Wildman–Crippen MR) is 119 cm³/mol. The second-order valence-electron chi connectivity index (χ2n) is 7.23. The van der Waals surface area contributed by atoms with E-state index >= 15 is 0 Å². The fourth-order valence-electron chi connectivity index (χ4n) is 3.05. The van der Waals surface area contributed by atoms with Crippen LogP contribution < -0.4 is 10.1 Å². The molecule has 190 valence electrons. The van der Waals surface area contributed by atoms with Crippen molar-refractivity contribution in [3.8, 4) is 22.8 Å². The first-order chi connectivity index (χ1) is 16.9. The summed E-state index contributed by atoms with van der Waals surface area (Å²) in [6.07, 6.45) is -10.7. The lowest BCUT2D eigenvalue weighted by molar-refractivity contribution is -0.141. The molecular weight excluding hydrogens is 536 g/mol. The van der Waals surface area contributed by atoms with Crippen LogP contribution in [-0.2, 0) is 12.4 Å². The third-order valence-corrected chi connectivity index (χ3v) is 5.68. The number of benzene rings is 2. The topological polar surface area (TPSA) is 85.1 Å². The molecule has 2 aromatic heterocycles. The lowest BCUT2D eigenvalue weighted by Crippen LogP contribution is -2.26. The molecule has 0 spiro atoms. The van der Waals surface area contributed by atoms with Crippen LogP contribution in [0.3, 0.4) is 0 Å². The van der Waals surface area contributed by atoms with E-state index < -0.39 is 36.4 Å². The highest BCUT2D eigenvalue weighted by Gasteiger charge is 2.36. The number of alkyl halides is 6. The fourth-order valence-corrected chi connectivity index (χ4v) is 3.90. The standard InChI is InChI=1S/C21H14ClF6N5O2S/c22-13-3-1-2-4-14(13)33-17(9-15(31-33)21(26,27)28)35-10-16(34)29-19-18(30-32-36-19)11-5-7-12(8-6-11)20(23,24)25/h1-9,16,29,34H,10H2. The zero-order valence-electron chi connectivity index (χ0n) is 17.7. The van der Waals surface area contributed by atoms with Crippen LogP contribution in [-0.4, -0.2) is 37.3 Å². The van der Waals surface area contributed by atoms with Crippen molar-refractivity contribution in [2.24, 2.45) is 0 Å². The predicted octanol–water partition coefficient (Wildman–Crippen LogP) is 5.89. The molecule has 2 N–H and O–H groups in total. The first-order valence-electron chi connectivity index (χ1n) is 9.93. The molecule has 4 rings (SSSR count). The van der Waals surface area contributed by atoms with Crippen molar-refractivity contribution >= 4 is 28.1 Å². The third kappa shape index (κ3) is 5.71. The number of rotatable bonds is 7. The molecule has 1 atom stereocenters. The number of para-hydroxylation sites is 1. The molecule has 7 nitrogen and oxygen atoms in total. The zero-order chi connectivity index (χ0) is 26.1. The average molecular weight is 550 g/mol. The minimum Gasteiger partial charge on any atom is -0.473 e. The Balaban J connectivity index is 1.50. The molecule has 0 bridgehead atoms. The molecule has 0 aliphatic carbocycles. The SMILES string of the molecule is OC(COc1cc(C(F)(F)F)nn1-c1ccccc1Cl)Nc1snnc1-c1ccc(C(F)(F)F)cc1. The molecule has 2 heterocycles. The summed E-state index contributed by atoms with van der Waals surface area (Å²) in [4.78, 5) is 0. The Morgan fingerprint density at radius 3 is 2.36 bits per heavy atom. The molecule has 0 radical (unpaired) electrons. The first-order valence-corrected chi connectivity index (χ1v) is 11.1. The number of nitrogens with zero attached hydrogens (tertiary/aromatic N) is 4. The normalized spacial score (nSPS) is 13.0. The highest BCUT2D eigenvalue weighted by molar-refractivity contribution is 7.10. The van der Waals surface area contributed by atoms with Crippen molar-refractivity contribution in [1.29, 1.82) is 0 Å². The molecule has 0 saturated heterocycles. The van der Waals surface area contributed by atoms with Gasteiger partial charge in [0.15, 0.2) is 11.9 Å². The molecule has 0 fully saturated rings. The molecule has 36 heavy (non-hydrogen) atoms. The number of anilines is 1. The number of hydrogen-bond acceptors (Lipinski definition) is 7. The van der Waals surface area contributed by atoms with Gasteiger partial charge in [0.25, 0.3) is 0 Å². The number of nitrogens with one attached hydrogen (secondary N) is 1. The van der Waals surface area contributed by atoms with Crippen LogP contribution in [0.4, 0.5) is 31.3 Å². The van der Waals surface area contributed by atoms with Gasteiger partial charge in [-0.15, -0.1) is 5.10 Å². The maximum Gasteiger partial charge on any atom is 0.435 e. The van der Waals surface area contributed by atoms with Gasteiger partial charge in [-0.25, -0.2) is 0 Å². The summed E-state index contributed by atoms with van der Waals surface area (Å²) in [7, 11) is 0. The summed E-state index contributed by atoms with van der Waals surface area (Å²) >= 11 is 6.91. The summed E-state index contributed by atoms with van der Waals surface area (Å²) in [5.41, 5.74) is -1.46. The number of ether oxygens (including phenoxy) is 1. The minimum absolute atomic E-state index is 0.120. The van der Waals surface area contributed by atoms with E-state index in [-0.39, 0.29) is 27.3 Å². The van der Waals surface area contributed by atoms with Crippen molar-refractivity contribution in [3.05, 3.63) is 70.9 Å². The van der Waals surface area contributed by atoms with Crippen LogP contribution in [0.25, 0.3) is 16.9 Å². The van der Waals surface area contributed by atoms with Crippen molar-refractivity contribution < 1.29 is 36.2 Å². The molecule has 15 heteroatoms. The van der Waals surface area contributed by atoms with Crippen LogP contribution in [0.2, 0.25) is 5.02 Å². The number of hydrogen-bond donors (Lipinski definition) is 2. The Hall–Kier alpha value is -3.36. The zero-order valence-corrected chi connectivity index (χ0v) is 19.3. The van der Waals surface area contributed by atoms with Crippen LogP contribution in [0.5, 0.6) is 5.88 Å². The average Bonchev–Trinajstić information content (AvgIpc) is 3.44. The summed E-state index contributed by atoms with van der Waals surface area (Å²) in [5.74, 6) is -0.332. The van der Waals surface area contributed by atoms with E-state index in [0.717, 1.165) is 28.3 Å². The van der Waals surface area contributed by atoms with Gasteiger partial charge in [0.2, 0.25) is 5.88 Å². The third-order valence-electron chi connectivity index (χ3n) is 4.71. The van der Waals surface area contributed by atoms with Gasteiger partial charge in [-0.05, 0) is 24.3 Å². The van der Waals surface area contributed by atoms with E-state index in [0.29, 0.717) is 11.6 Å². The number of aliphatic hydroxyl groups is 1. The molecule has 4 aromatic rings. The smallest absolute Gasteiger partial charge is 0.435 e. The van der Waals surface area contributed by atoms with Crippen molar-refractivity contribution in [2.75, 3.05) is 11.9 Å². The minimum atomic E-state index is -4.76. The van der Waals surface area contributed by atoms with Gasteiger partial charge in [0.1, 0.15) is 17.3 Å². The Morgan fingerprint density at radius 1 is 1.03 bits per heavy atom. The van der Waals surface area contributed by atoms with Crippen LogP contribution in [0.15, 0.2) is 54.6 Å². The Labute approximate surface area is 208 Å². The fraction of sp³-hybridized carbons (Fsp3) is 0.190. The van der Waals surface area contributed by atoms with Gasteiger partial charge < -0.3 is 15.2 Å². The first kappa shape index (κ1) is 25.7. The lowest BCUT2D eigenvalue weighted by atomic mass is 10.1. The molecule has 0 aliphatic rings. The second-order valence-corrected chi connectivity index (χ2v) is 8.39. The number of aliphatic hydroxyl groups excluding tert-OH is 1. The second kappa shape index (κ2) is 9.95. The maximum absolute atomic E-state index is 13.2. The highest BCUT2D eigenvalue weighted by atomic mass is 35.5. The van der Waals surface area contributed by atoms with Gasteiger partial charge in [-0.3, -0.25) is 0 Å². The molecule has 0 aliphatic heterocycles. The van der Waals surface area contributed by atoms with Crippen molar-refractivity contribution in [2.45, 2.75) is 18.6 Å². The number of aromatic nitrogens is 4. The summed E-state index contributed by atoms with van der Waals surface area (Å²) in [5, 5.41) is 20.7. The van der Waals surface area contributed by atoms with Gasteiger partial charge in [-0.2, -0.15) is 36.1 Å². The van der Waals surface area contributed by atoms with E-state index in [2.05, 4.69) is 20.0 Å². The lowest BCUT2D eigenvalue weighted by Gasteiger charge is -2.15. The van der Waals surface area contributed by atoms with E-state index in [4.69, 9.17) is 16.3 Å². The summed E-state index contributed by atoms with van der Waals surface area (Å²) < 4.78 is 88.1. The van der Waals surface area contributed by atoms with Crippen LogP contribution in [0, 0.1) is 0 Å². The van der Waals surface area contributed by atoms with Crippen LogP contribution >= 0.6 is 23.1 Å². The maximum atomic E-state index is 13.2. The summed E-state index contributed by atoms with van der Waals surface area (Å²) in [6, 6.07) is 10.9. The molecule has 0 amide bonds. The molecule has 1 unspecified atom stereocenters. The van der Waals surface area contributed by atoms with E-state index in [9.17, 15) is 31.4 Å². The molecule has 2 aromatic carbocycles. The molecule has 0 saturated carbocycles. The highest BCUT2D eigenvalue weighted by Crippen LogP contribution is 2.35. The Morgan fingerprint density at radius 2 is 1.72 bits per heavy atom.